The van der Waals surface area contributed by atoms with Crippen molar-refractivity contribution in [3.8, 4) is 0 Å². The first-order chi connectivity index (χ1) is 10.1. The first-order valence-electron chi connectivity index (χ1n) is 7.62. The summed E-state index contributed by atoms with van der Waals surface area (Å²) in [5, 5.41) is 0. The summed E-state index contributed by atoms with van der Waals surface area (Å²) in [6, 6.07) is 0.487. The van der Waals surface area contributed by atoms with Crippen LogP contribution in [-0.2, 0) is 17.8 Å². The van der Waals surface area contributed by atoms with Crippen LogP contribution in [0.2, 0.25) is 0 Å². The Morgan fingerprint density at radius 2 is 2.33 bits per heavy atom. The summed E-state index contributed by atoms with van der Waals surface area (Å²) in [6.45, 7) is 2.48. The minimum atomic E-state index is 0.238. The van der Waals surface area contributed by atoms with Gasteiger partial charge in [-0.1, -0.05) is 0 Å². The Morgan fingerprint density at radius 1 is 1.52 bits per heavy atom. The molecule has 0 saturated carbocycles. The molecule has 0 aromatic carbocycles. The summed E-state index contributed by atoms with van der Waals surface area (Å²) < 4.78 is 2.03. The van der Waals surface area contributed by atoms with Gasteiger partial charge in [-0.2, -0.15) is 0 Å². The monoisotopic (exact) mass is 312 g/mol. The molecular weight excluding hydrogens is 288 g/mol. The normalized spacial score (nSPS) is 19.2. The largest absolute Gasteiger partial charge is 0.341 e. The van der Waals surface area contributed by atoms with Gasteiger partial charge < -0.3 is 14.4 Å². The fourth-order valence-corrected chi connectivity index (χ4v) is 3.02. The molecule has 1 aliphatic heterocycles. The Bertz CT molecular complexity index is 460. The van der Waals surface area contributed by atoms with Crippen LogP contribution in [0.3, 0.4) is 0 Å². The second-order valence-electron chi connectivity index (χ2n) is 5.83. The SMILES string of the molecule is CN(C)C1CCCN(C(=O)CCc2nccn2CCCl)C1. The number of carbonyl (C=O) groups is 1. The number of likely N-dealkylation sites (tertiary alicyclic amines) is 1. The second kappa shape index (κ2) is 7.80. The van der Waals surface area contributed by atoms with Crippen LogP contribution in [0.15, 0.2) is 12.4 Å². The maximum absolute atomic E-state index is 12.4. The fourth-order valence-electron chi connectivity index (χ4n) is 2.84. The summed E-state index contributed by atoms with van der Waals surface area (Å²) in [6.07, 6.45) is 7.18. The highest BCUT2D eigenvalue weighted by Gasteiger charge is 2.24. The lowest BCUT2D eigenvalue weighted by Gasteiger charge is -2.36. The number of hydrogen-bond donors (Lipinski definition) is 0. The minimum Gasteiger partial charge on any atom is -0.341 e. The number of aromatic nitrogens is 2. The molecule has 5 nitrogen and oxygen atoms in total. The van der Waals surface area contributed by atoms with E-state index in [1.807, 2.05) is 15.7 Å². The van der Waals surface area contributed by atoms with Gasteiger partial charge in [-0.05, 0) is 26.9 Å². The van der Waals surface area contributed by atoms with Gasteiger partial charge in [-0.25, -0.2) is 4.98 Å². The molecule has 1 amide bonds. The number of likely N-dealkylation sites (N-methyl/N-ethyl adjacent to an activating group) is 1. The Kier molecular flexibility index (Phi) is 6.06. The van der Waals surface area contributed by atoms with E-state index in [9.17, 15) is 4.79 Å². The molecule has 1 aliphatic rings. The molecule has 2 heterocycles. The van der Waals surface area contributed by atoms with Crippen LogP contribution in [0.4, 0.5) is 0 Å². The number of hydrogen-bond acceptors (Lipinski definition) is 3. The zero-order valence-corrected chi connectivity index (χ0v) is 13.7. The van der Waals surface area contributed by atoms with Crippen molar-refractivity contribution in [2.75, 3.05) is 33.1 Å². The van der Waals surface area contributed by atoms with Gasteiger partial charge in [0, 0.05) is 56.8 Å². The summed E-state index contributed by atoms with van der Waals surface area (Å²) in [5.41, 5.74) is 0. The number of rotatable bonds is 6. The average Bonchev–Trinajstić information content (AvgIpc) is 2.92. The molecule has 1 aromatic rings. The zero-order chi connectivity index (χ0) is 15.2. The van der Waals surface area contributed by atoms with Crippen LogP contribution in [0.5, 0.6) is 0 Å². The van der Waals surface area contributed by atoms with Crippen molar-refractivity contribution in [3.63, 3.8) is 0 Å². The first kappa shape index (κ1) is 16.3. The van der Waals surface area contributed by atoms with E-state index in [0.29, 0.717) is 24.8 Å². The number of halogens is 1. The lowest BCUT2D eigenvalue weighted by atomic mass is 10.0. The lowest BCUT2D eigenvalue weighted by Crippen LogP contribution is -2.47. The molecular formula is C15H25ClN4O. The number of aryl methyl sites for hydroxylation is 2. The number of amides is 1. The predicted molar refractivity (Wildman–Crippen MR) is 84.6 cm³/mol. The van der Waals surface area contributed by atoms with Gasteiger partial charge in [-0.3, -0.25) is 4.79 Å². The van der Waals surface area contributed by atoms with Crippen molar-refractivity contribution in [2.45, 2.75) is 38.3 Å². The van der Waals surface area contributed by atoms with Crippen LogP contribution >= 0.6 is 11.6 Å². The van der Waals surface area contributed by atoms with E-state index < -0.39 is 0 Å². The van der Waals surface area contributed by atoms with Crippen molar-refractivity contribution in [3.05, 3.63) is 18.2 Å². The van der Waals surface area contributed by atoms with Crippen LogP contribution in [-0.4, -0.2) is 64.4 Å². The van der Waals surface area contributed by atoms with Crippen molar-refractivity contribution >= 4 is 17.5 Å². The van der Waals surface area contributed by atoms with E-state index in [2.05, 4.69) is 24.0 Å². The van der Waals surface area contributed by atoms with E-state index >= 15 is 0 Å². The number of nitrogens with zero attached hydrogens (tertiary/aromatic N) is 4. The molecule has 0 aliphatic carbocycles. The fraction of sp³-hybridized carbons (Fsp3) is 0.733. The van der Waals surface area contributed by atoms with E-state index in [1.165, 1.54) is 6.42 Å². The first-order valence-corrected chi connectivity index (χ1v) is 8.15. The number of imidazole rings is 1. The van der Waals surface area contributed by atoms with E-state index in [1.54, 1.807) is 6.20 Å². The average molecular weight is 313 g/mol. The predicted octanol–water partition coefficient (Wildman–Crippen LogP) is 1.61. The molecule has 1 unspecified atom stereocenters. The Labute approximate surface area is 131 Å². The summed E-state index contributed by atoms with van der Waals surface area (Å²) in [5.74, 6) is 1.75. The van der Waals surface area contributed by atoms with Crippen molar-refractivity contribution < 1.29 is 4.79 Å². The van der Waals surface area contributed by atoms with Crippen molar-refractivity contribution in [1.29, 1.82) is 0 Å². The van der Waals surface area contributed by atoms with E-state index in [4.69, 9.17) is 11.6 Å². The molecule has 6 heteroatoms. The molecule has 0 bridgehead atoms. The van der Waals surface area contributed by atoms with E-state index in [0.717, 1.165) is 31.9 Å². The van der Waals surface area contributed by atoms with Crippen LogP contribution in [0.25, 0.3) is 0 Å². The Morgan fingerprint density at radius 3 is 3.05 bits per heavy atom. The van der Waals surface area contributed by atoms with Gasteiger partial charge >= 0.3 is 0 Å². The Hall–Kier alpha value is -1.07. The second-order valence-corrected chi connectivity index (χ2v) is 6.20. The van der Waals surface area contributed by atoms with Crippen molar-refractivity contribution in [1.82, 2.24) is 19.4 Å². The molecule has 21 heavy (non-hydrogen) atoms. The van der Waals surface area contributed by atoms with Gasteiger partial charge in [0.05, 0.1) is 0 Å². The quantitative estimate of drug-likeness (QED) is 0.749. The lowest BCUT2D eigenvalue weighted by molar-refractivity contribution is -0.133. The molecule has 118 valence electrons. The maximum atomic E-state index is 12.4. The van der Waals surface area contributed by atoms with Gasteiger partial charge in [0.2, 0.25) is 5.91 Å². The zero-order valence-electron chi connectivity index (χ0n) is 13.0. The molecule has 1 atom stereocenters. The van der Waals surface area contributed by atoms with Gasteiger partial charge in [0.1, 0.15) is 5.82 Å². The highest BCUT2D eigenvalue weighted by atomic mass is 35.5. The molecule has 2 rings (SSSR count). The summed E-state index contributed by atoms with van der Waals surface area (Å²) >= 11 is 5.77. The highest BCUT2D eigenvalue weighted by Crippen LogP contribution is 2.15. The number of piperidine rings is 1. The smallest absolute Gasteiger partial charge is 0.223 e. The topological polar surface area (TPSA) is 41.4 Å². The highest BCUT2D eigenvalue weighted by molar-refractivity contribution is 6.17. The third-order valence-corrected chi connectivity index (χ3v) is 4.34. The molecule has 0 spiro atoms. The Balaban J connectivity index is 1.85. The van der Waals surface area contributed by atoms with Gasteiger partial charge in [0.15, 0.2) is 0 Å². The van der Waals surface area contributed by atoms with Gasteiger partial charge in [0.25, 0.3) is 0 Å². The third kappa shape index (κ3) is 4.45. The van der Waals surface area contributed by atoms with Crippen molar-refractivity contribution in [2.24, 2.45) is 0 Å². The molecule has 1 fully saturated rings. The van der Waals surface area contributed by atoms with Crippen LogP contribution in [0.1, 0.15) is 25.1 Å². The molecule has 0 radical (unpaired) electrons. The summed E-state index contributed by atoms with van der Waals surface area (Å²) in [7, 11) is 4.17. The number of alkyl halides is 1. The summed E-state index contributed by atoms with van der Waals surface area (Å²) in [4.78, 5) is 20.9. The van der Waals surface area contributed by atoms with Crippen LogP contribution < -0.4 is 0 Å². The van der Waals surface area contributed by atoms with Crippen LogP contribution in [0, 0.1) is 0 Å². The standard InChI is InChI=1S/C15H25ClN4O/c1-18(2)13-4-3-9-20(12-13)15(21)6-5-14-17-8-11-19(14)10-7-16/h8,11,13H,3-7,9-10,12H2,1-2H3. The number of carbonyl (C=O) groups excluding carboxylic acids is 1. The van der Waals surface area contributed by atoms with Gasteiger partial charge in [-0.15, -0.1) is 11.6 Å². The molecule has 0 N–H and O–H groups in total. The minimum absolute atomic E-state index is 0.238. The maximum Gasteiger partial charge on any atom is 0.223 e. The third-order valence-electron chi connectivity index (χ3n) is 4.17. The molecule has 1 saturated heterocycles. The molecule has 1 aromatic heterocycles. The van der Waals surface area contributed by atoms with E-state index in [-0.39, 0.29) is 5.91 Å².